The van der Waals surface area contributed by atoms with E-state index in [4.69, 9.17) is 9.15 Å². The Kier molecular flexibility index (Phi) is 4.67. The van der Waals surface area contributed by atoms with Gasteiger partial charge in [-0.1, -0.05) is 18.2 Å². The summed E-state index contributed by atoms with van der Waals surface area (Å²) < 4.78 is 25.4. The SMILES string of the molecule is Cc1nnc(COC(=O)c2cn(-c3ccccc3)nc2-c2ccc(F)cc2)o1. The highest BCUT2D eigenvalue weighted by Crippen LogP contribution is 2.25. The number of nitrogens with zero attached hydrogens (tertiary/aromatic N) is 4. The number of carbonyl (C=O) groups is 1. The van der Waals surface area contributed by atoms with Crippen molar-refractivity contribution in [1.29, 1.82) is 0 Å². The molecule has 7 nitrogen and oxygen atoms in total. The molecular formula is C20H15FN4O3. The van der Waals surface area contributed by atoms with Crippen LogP contribution < -0.4 is 0 Å². The molecule has 28 heavy (non-hydrogen) atoms. The maximum Gasteiger partial charge on any atom is 0.342 e. The zero-order valence-electron chi connectivity index (χ0n) is 14.9. The van der Waals surface area contributed by atoms with Crippen molar-refractivity contribution in [3.63, 3.8) is 0 Å². The number of para-hydroxylation sites is 1. The molecule has 2 heterocycles. The number of benzene rings is 2. The monoisotopic (exact) mass is 378 g/mol. The molecule has 0 saturated heterocycles. The molecule has 140 valence electrons. The zero-order valence-corrected chi connectivity index (χ0v) is 14.9. The highest BCUT2D eigenvalue weighted by molar-refractivity contribution is 5.96. The Morgan fingerprint density at radius 3 is 2.54 bits per heavy atom. The maximum atomic E-state index is 13.3. The summed E-state index contributed by atoms with van der Waals surface area (Å²) in [6, 6.07) is 15.1. The van der Waals surface area contributed by atoms with Crippen LogP contribution >= 0.6 is 0 Å². The van der Waals surface area contributed by atoms with Crippen LogP contribution in [0, 0.1) is 12.7 Å². The summed E-state index contributed by atoms with van der Waals surface area (Å²) in [7, 11) is 0. The van der Waals surface area contributed by atoms with Crippen molar-refractivity contribution in [1.82, 2.24) is 20.0 Å². The fraction of sp³-hybridized carbons (Fsp3) is 0.100. The molecule has 4 aromatic rings. The van der Waals surface area contributed by atoms with Gasteiger partial charge in [-0.25, -0.2) is 13.9 Å². The summed E-state index contributed by atoms with van der Waals surface area (Å²) in [5.41, 5.74) is 2.00. The zero-order chi connectivity index (χ0) is 19.5. The number of esters is 1. The minimum Gasteiger partial charge on any atom is -0.452 e. The number of hydrogen-bond acceptors (Lipinski definition) is 6. The van der Waals surface area contributed by atoms with Crippen LogP contribution in [0.5, 0.6) is 0 Å². The molecule has 0 unspecified atom stereocenters. The lowest BCUT2D eigenvalue weighted by atomic mass is 10.1. The van der Waals surface area contributed by atoms with Crippen LogP contribution in [0.3, 0.4) is 0 Å². The fourth-order valence-corrected chi connectivity index (χ4v) is 2.66. The quantitative estimate of drug-likeness (QED) is 0.492. The minimum absolute atomic E-state index is 0.154. The van der Waals surface area contributed by atoms with Gasteiger partial charge in [0.15, 0.2) is 6.61 Å². The molecule has 0 bridgehead atoms. The van der Waals surface area contributed by atoms with Crippen LogP contribution in [0.4, 0.5) is 4.39 Å². The molecule has 0 aliphatic heterocycles. The largest absolute Gasteiger partial charge is 0.452 e. The predicted molar refractivity (Wildman–Crippen MR) is 97.1 cm³/mol. The van der Waals surface area contributed by atoms with Crippen LogP contribution in [0.25, 0.3) is 16.9 Å². The third-order valence-electron chi connectivity index (χ3n) is 3.97. The van der Waals surface area contributed by atoms with Crippen molar-refractivity contribution in [2.45, 2.75) is 13.5 Å². The minimum atomic E-state index is -0.600. The smallest absolute Gasteiger partial charge is 0.342 e. The van der Waals surface area contributed by atoms with E-state index >= 15 is 0 Å². The van der Waals surface area contributed by atoms with Crippen LogP contribution in [0.15, 0.2) is 65.2 Å². The number of carbonyl (C=O) groups excluding carboxylic acids is 1. The van der Waals surface area contributed by atoms with E-state index in [9.17, 15) is 9.18 Å². The van der Waals surface area contributed by atoms with Gasteiger partial charge in [0, 0.05) is 18.7 Å². The molecule has 0 atom stereocenters. The van der Waals surface area contributed by atoms with E-state index in [0.29, 0.717) is 17.1 Å². The molecule has 0 N–H and O–H groups in total. The van der Waals surface area contributed by atoms with Gasteiger partial charge in [0.05, 0.1) is 5.69 Å². The van der Waals surface area contributed by atoms with Crippen LogP contribution in [0.2, 0.25) is 0 Å². The highest BCUT2D eigenvalue weighted by Gasteiger charge is 2.21. The summed E-state index contributed by atoms with van der Waals surface area (Å²) >= 11 is 0. The van der Waals surface area contributed by atoms with Crippen molar-refractivity contribution in [2.24, 2.45) is 0 Å². The summed E-state index contributed by atoms with van der Waals surface area (Å²) in [6.45, 7) is 1.49. The lowest BCUT2D eigenvalue weighted by Crippen LogP contribution is -2.06. The summed E-state index contributed by atoms with van der Waals surface area (Å²) in [4.78, 5) is 12.7. The van der Waals surface area contributed by atoms with Gasteiger partial charge >= 0.3 is 5.97 Å². The number of ether oxygens (including phenoxy) is 1. The van der Waals surface area contributed by atoms with E-state index in [1.165, 1.54) is 12.1 Å². The second-order valence-corrected chi connectivity index (χ2v) is 5.97. The van der Waals surface area contributed by atoms with Crippen molar-refractivity contribution >= 4 is 5.97 Å². The molecule has 2 aromatic carbocycles. The maximum absolute atomic E-state index is 13.3. The summed E-state index contributed by atoms with van der Waals surface area (Å²) in [5, 5.41) is 12.0. The van der Waals surface area contributed by atoms with Gasteiger partial charge in [0.2, 0.25) is 5.89 Å². The van der Waals surface area contributed by atoms with E-state index in [0.717, 1.165) is 5.69 Å². The Morgan fingerprint density at radius 2 is 1.86 bits per heavy atom. The number of aromatic nitrogens is 4. The van der Waals surface area contributed by atoms with Gasteiger partial charge in [0.25, 0.3) is 5.89 Å². The van der Waals surface area contributed by atoms with Crippen LogP contribution in [-0.4, -0.2) is 25.9 Å². The first-order valence-corrected chi connectivity index (χ1v) is 8.47. The summed E-state index contributed by atoms with van der Waals surface area (Å²) in [6.07, 6.45) is 1.58. The average molecular weight is 378 g/mol. The Labute approximate surface area is 159 Å². The van der Waals surface area contributed by atoms with Crippen LogP contribution in [-0.2, 0) is 11.3 Å². The Morgan fingerprint density at radius 1 is 1.11 bits per heavy atom. The molecule has 0 aliphatic rings. The molecule has 4 rings (SSSR count). The number of rotatable bonds is 5. The number of halogens is 1. The van der Waals surface area contributed by atoms with E-state index in [1.54, 1.807) is 29.9 Å². The highest BCUT2D eigenvalue weighted by atomic mass is 19.1. The third-order valence-corrected chi connectivity index (χ3v) is 3.97. The van der Waals surface area contributed by atoms with Gasteiger partial charge in [-0.3, -0.25) is 0 Å². The first-order chi connectivity index (χ1) is 13.6. The second kappa shape index (κ2) is 7.43. The number of aryl methyl sites for hydroxylation is 1. The van der Waals surface area contributed by atoms with E-state index in [1.807, 2.05) is 30.3 Å². The van der Waals surface area contributed by atoms with Gasteiger partial charge in [-0.05, 0) is 36.4 Å². The van der Waals surface area contributed by atoms with Crippen LogP contribution in [0.1, 0.15) is 22.1 Å². The Balaban J connectivity index is 1.68. The molecule has 8 heteroatoms. The molecule has 0 saturated carbocycles. The summed E-state index contributed by atoms with van der Waals surface area (Å²) in [5.74, 6) is -0.390. The second-order valence-electron chi connectivity index (χ2n) is 5.97. The van der Waals surface area contributed by atoms with Crippen molar-refractivity contribution in [3.8, 4) is 16.9 Å². The number of hydrogen-bond donors (Lipinski definition) is 0. The molecule has 2 aromatic heterocycles. The Bertz CT molecular complexity index is 1100. The molecule has 0 spiro atoms. The first-order valence-electron chi connectivity index (χ1n) is 8.47. The van der Waals surface area contributed by atoms with Gasteiger partial charge < -0.3 is 9.15 Å². The van der Waals surface area contributed by atoms with E-state index < -0.39 is 5.97 Å². The van der Waals surface area contributed by atoms with Gasteiger partial charge in [-0.15, -0.1) is 10.2 Å². The van der Waals surface area contributed by atoms with Crippen molar-refractivity contribution in [3.05, 3.63) is 84.0 Å². The lowest BCUT2D eigenvalue weighted by molar-refractivity contribution is 0.0437. The van der Waals surface area contributed by atoms with Crippen molar-refractivity contribution in [2.75, 3.05) is 0 Å². The normalized spacial score (nSPS) is 10.8. The van der Waals surface area contributed by atoms with Gasteiger partial charge in [-0.2, -0.15) is 5.10 Å². The fourth-order valence-electron chi connectivity index (χ4n) is 2.66. The third kappa shape index (κ3) is 3.66. The topological polar surface area (TPSA) is 83.0 Å². The average Bonchev–Trinajstić information content (AvgIpc) is 3.34. The standard InChI is InChI=1S/C20H15FN4O3/c1-13-22-23-18(28-13)12-27-20(26)17-11-25(16-5-3-2-4-6-16)24-19(17)14-7-9-15(21)10-8-14/h2-11H,12H2,1H3. The molecule has 0 radical (unpaired) electrons. The van der Waals surface area contributed by atoms with Gasteiger partial charge in [0.1, 0.15) is 17.1 Å². The lowest BCUT2D eigenvalue weighted by Gasteiger charge is -2.03. The molecule has 0 fully saturated rings. The molecule has 0 aliphatic carbocycles. The predicted octanol–water partition coefficient (Wildman–Crippen LogP) is 3.73. The first kappa shape index (κ1) is 17.6. The van der Waals surface area contributed by atoms with E-state index in [2.05, 4.69) is 15.3 Å². The molecule has 0 amide bonds. The van der Waals surface area contributed by atoms with E-state index in [-0.39, 0.29) is 23.9 Å². The Hall–Kier alpha value is -3.81. The molecular weight excluding hydrogens is 363 g/mol. The van der Waals surface area contributed by atoms with Crippen molar-refractivity contribution < 1.29 is 18.3 Å².